The zero-order valence-corrected chi connectivity index (χ0v) is 13.1. The molecular weight excluding hydrogens is 309 g/mol. The maximum Gasteiger partial charge on any atom is 0.129 e. The van der Waals surface area contributed by atoms with Crippen molar-refractivity contribution in [1.82, 2.24) is 5.32 Å². The Kier molecular flexibility index (Phi) is 4.98. The van der Waals surface area contributed by atoms with Crippen LogP contribution >= 0.6 is 15.9 Å². The van der Waals surface area contributed by atoms with Crippen molar-refractivity contribution in [3.05, 3.63) is 34.1 Å². The molecule has 1 unspecified atom stereocenters. The van der Waals surface area contributed by atoms with Gasteiger partial charge in [0.15, 0.2) is 0 Å². The van der Waals surface area contributed by atoms with Crippen molar-refractivity contribution in [2.45, 2.75) is 32.8 Å². The summed E-state index contributed by atoms with van der Waals surface area (Å²) < 4.78 is 20.8. The van der Waals surface area contributed by atoms with Gasteiger partial charge in [0.2, 0.25) is 0 Å². The van der Waals surface area contributed by atoms with Crippen LogP contribution in [0.5, 0.6) is 0 Å². The molecule has 1 aliphatic rings. The molecule has 0 radical (unpaired) electrons. The van der Waals surface area contributed by atoms with E-state index in [0.29, 0.717) is 18.7 Å². The van der Waals surface area contributed by atoms with Crippen LogP contribution in [0.3, 0.4) is 0 Å². The molecule has 2 nitrogen and oxygen atoms in total. The van der Waals surface area contributed by atoms with Crippen LogP contribution in [0.4, 0.5) is 4.39 Å². The third-order valence-electron chi connectivity index (χ3n) is 4.23. The minimum absolute atomic E-state index is 0.178. The average molecular weight is 330 g/mol. The Hall–Kier alpha value is -0.450. The van der Waals surface area contributed by atoms with Gasteiger partial charge >= 0.3 is 0 Å². The molecule has 2 rings (SSSR count). The fourth-order valence-corrected chi connectivity index (χ4v) is 2.90. The summed E-state index contributed by atoms with van der Waals surface area (Å²) in [6.45, 7) is 6.66. The lowest BCUT2D eigenvalue weighted by Gasteiger charge is -2.29. The van der Waals surface area contributed by atoms with Gasteiger partial charge in [-0.25, -0.2) is 4.39 Å². The highest BCUT2D eigenvalue weighted by Gasteiger charge is 2.31. The number of benzene rings is 1. The summed E-state index contributed by atoms with van der Waals surface area (Å²) in [7, 11) is 0. The predicted octanol–water partition coefficient (Wildman–Crippen LogP) is 4.06. The van der Waals surface area contributed by atoms with E-state index in [4.69, 9.17) is 4.74 Å². The molecule has 4 heteroatoms. The molecule has 0 spiro atoms. The van der Waals surface area contributed by atoms with Crippen LogP contribution in [0.1, 0.15) is 38.4 Å². The van der Waals surface area contributed by atoms with Gasteiger partial charge in [-0.3, -0.25) is 0 Å². The number of hydrogen-bond donors (Lipinski definition) is 1. The van der Waals surface area contributed by atoms with Crippen molar-refractivity contribution in [1.29, 1.82) is 0 Å². The fraction of sp³-hybridized carbons (Fsp3) is 0.600. The molecule has 1 saturated heterocycles. The number of halogens is 2. The Morgan fingerprint density at radius 1 is 1.42 bits per heavy atom. The van der Waals surface area contributed by atoms with Gasteiger partial charge in [0.25, 0.3) is 0 Å². The lowest BCUT2D eigenvalue weighted by molar-refractivity contribution is 0.00871. The van der Waals surface area contributed by atoms with Crippen LogP contribution in [0.15, 0.2) is 22.7 Å². The van der Waals surface area contributed by atoms with Crippen molar-refractivity contribution in [2.75, 3.05) is 19.7 Å². The normalized spacial score (nSPS) is 23.1. The maximum atomic E-state index is 13.9. The highest BCUT2D eigenvalue weighted by molar-refractivity contribution is 9.10. The largest absolute Gasteiger partial charge is 0.371 e. The Balaban J connectivity index is 2.17. The van der Waals surface area contributed by atoms with E-state index in [1.165, 1.54) is 6.07 Å². The summed E-state index contributed by atoms with van der Waals surface area (Å²) >= 11 is 3.39. The summed E-state index contributed by atoms with van der Waals surface area (Å²) in [4.78, 5) is 0. The summed E-state index contributed by atoms with van der Waals surface area (Å²) in [6, 6.07) is 5.01. The molecule has 1 aromatic rings. The van der Waals surface area contributed by atoms with E-state index in [0.717, 1.165) is 23.9 Å². The zero-order chi connectivity index (χ0) is 13.9. The highest BCUT2D eigenvalue weighted by atomic mass is 79.9. The van der Waals surface area contributed by atoms with Gasteiger partial charge in [-0.1, -0.05) is 29.8 Å². The van der Waals surface area contributed by atoms with Crippen LogP contribution in [0.25, 0.3) is 0 Å². The van der Waals surface area contributed by atoms with Gasteiger partial charge in [0, 0.05) is 28.5 Å². The summed E-state index contributed by atoms with van der Waals surface area (Å²) in [5, 5.41) is 3.43. The molecular formula is C15H21BrFNO. The quantitative estimate of drug-likeness (QED) is 0.903. The van der Waals surface area contributed by atoms with Gasteiger partial charge in [-0.2, -0.15) is 0 Å². The lowest BCUT2D eigenvalue weighted by atomic mass is 9.83. The van der Waals surface area contributed by atoms with E-state index in [1.807, 2.05) is 6.07 Å². The van der Waals surface area contributed by atoms with E-state index < -0.39 is 0 Å². The van der Waals surface area contributed by atoms with Crippen molar-refractivity contribution < 1.29 is 9.13 Å². The Morgan fingerprint density at radius 3 is 2.84 bits per heavy atom. The minimum Gasteiger partial charge on any atom is -0.371 e. The third-order valence-corrected chi connectivity index (χ3v) is 4.72. The molecule has 1 heterocycles. The lowest BCUT2D eigenvalue weighted by Crippen LogP contribution is -2.34. The first-order valence-corrected chi connectivity index (χ1v) is 7.67. The van der Waals surface area contributed by atoms with E-state index in [1.54, 1.807) is 6.07 Å². The van der Waals surface area contributed by atoms with Gasteiger partial charge in [-0.15, -0.1) is 0 Å². The van der Waals surface area contributed by atoms with Crippen LogP contribution in [-0.2, 0) is 4.74 Å². The molecule has 0 bridgehead atoms. The SMILES string of the molecule is CCC1(CC)CNCC(c2cc(Br)ccc2F)OC1. The zero-order valence-electron chi connectivity index (χ0n) is 11.5. The second-order valence-corrected chi connectivity index (χ2v) is 6.22. The second-order valence-electron chi connectivity index (χ2n) is 5.30. The van der Waals surface area contributed by atoms with Gasteiger partial charge < -0.3 is 10.1 Å². The number of nitrogens with one attached hydrogen (secondary N) is 1. The van der Waals surface area contributed by atoms with Crippen molar-refractivity contribution >= 4 is 15.9 Å². The molecule has 1 fully saturated rings. The number of rotatable bonds is 3. The van der Waals surface area contributed by atoms with E-state index in [2.05, 4.69) is 35.1 Å². The topological polar surface area (TPSA) is 21.3 Å². The molecule has 1 aliphatic heterocycles. The van der Waals surface area contributed by atoms with Crippen LogP contribution in [0, 0.1) is 11.2 Å². The Bertz CT molecular complexity index is 434. The van der Waals surface area contributed by atoms with Crippen LogP contribution in [0.2, 0.25) is 0 Å². The molecule has 106 valence electrons. The third kappa shape index (κ3) is 3.36. The molecule has 0 amide bonds. The molecule has 0 aliphatic carbocycles. The van der Waals surface area contributed by atoms with Crippen molar-refractivity contribution in [3.8, 4) is 0 Å². The molecule has 1 atom stereocenters. The van der Waals surface area contributed by atoms with Gasteiger partial charge in [-0.05, 0) is 31.0 Å². The predicted molar refractivity (Wildman–Crippen MR) is 78.7 cm³/mol. The number of ether oxygens (including phenoxy) is 1. The van der Waals surface area contributed by atoms with E-state index in [-0.39, 0.29) is 17.3 Å². The molecule has 19 heavy (non-hydrogen) atoms. The minimum atomic E-state index is -0.211. The summed E-state index contributed by atoms with van der Waals surface area (Å²) in [5.41, 5.74) is 0.807. The van der Waals surface area contributed by atoms with E-state index >= 15 is 0 Å². The van der Waals surface area contributed by atoms with Crippen molar-refractivity contribution in [3.63, 3.8) is 0 Å². The maximum absolute atomic E-state index is 13.9. The van der Waals surface area contributed by atoms with Crippen LogP contribution in [-0.4, -0.2) is 19.7 Å². The summed E-state index contributed by atoms with van der Waals surface area (Å²) in [5.74, 6) is -0.199. The number of hydrogen-bond acceptors (Lipinski definition) is 2. The first kappa shape index (κ1) is 14.9. The Labute approximate surface area is 122 Å². The van der Waals surface area contributed by atoms with Crippen LogP contribution < -0.4 is 5.32 Å². The average Bonchev–Trinajstić information content (AvgIpc) is 2.64. The summed E-state index contributed by atoms with van der Waals surface area (Å²) in [6.07, 6.45) is 1.94. The first-order chi connectivity index (χ1) is 9.10. The van der Waals surface area contributed by atoms with Crippen molar-refractivity contribution in [2.24, 2.45) is 5.41 Å². The second kappa shape index (κ2) is 6.33. The first-order valence-electron chi connectivity index (χ1n) is 6.87. The van der Waals surface area contributed by atoms with Gasteiger partial charge in [0.05, 0.1) is 12.7 Å². The Morgan fingerprint density at radius 2 is 2.16 bits per heavy atom. The van der Waals surface area contributed by atoms with Gasteiger partial charge in [0.1, 0.15) is 5.82 Å². The fourth-order valence-electron chi connectivity index (χ4n) is 2.52. The standard InChI is InChI=1S/C15H21BrFNO/c1-3-15(4-2)9-18-8-14(19-10-15)12-7-11(16)5-6-13(12)17/h5-7,14,18H,3-4,8-10H2,1-2H3. The van der Waals surface area contributed by atoms with E-state index in [9.17, 15) is 4.39 Å². The monoisotopic (exact) mass is 329 g/mol. The molecule has 1 aromatic carbocycles. The smallest absolute Gasteiger partial charge is 0.129 e. The molecule has 0 aromatic heterocycles. The molecule has 1 N–H and O–H groups in total. The highest BCUT2D eigenvalue weighted by Crippen LogP contribution is 2.32. The molecule has 0 saturated carbocycles.